The fourth-order valence-corrected chi connectivity index (χ4v) is 1.46. The minimum absolute atomic E-state index is 0.0609. The molecule has 0 spiro atoms. The smallest absolute Gasteiger partial charge is 0.338 e. The number of aliphatic hydroxyl groups is 1. The largest absolute Gasteiger partial charge is 0.465 e. The topological polar surface area (TPSA) is 98.9 Å². The summed E-state index contributed by atoms with van der Waals surface area (Å²) in [6.45, 7) is -0.266. The molecule has 0 saturated heterocycles. The van der Waals surface area contributed by atoms with Gasteiger partial charge in [0.15, 0.2) is 0 Å². The SMILES string of the molecule is COC(=O)c1ccc([C@H](N)CO)cc1C(=O)OC. The lowest BCUT2D eigenvalue weighted by Gasteiger charge is -2.12. The molecule has 0 unspecified atom stereocenters. The first-order valence-electron chi connectivity index (χ1n) is 5.22. The molecule has 18 heavy (non-hydrogen) atoms. The van der Waals surface area contributed by atoms with Crippen molar-refractivity contribution in [2.24, 2.45) is 5.73 Å². The monoisotopic (exact) mass is 253 g/mol. The highest BCUT2D eigenvalue weighted by molar-refractivity contribution is 6.03. The number of benzene rings is 1. The Morgan fingerprint density at radius 3 is 2.28 bits per heavy atom. The normalized spacial score (nSPS) is 11.8. The van der Waals surface area contributed by atoms with Gasteiger partial charge in [-0.25, -0.2) is 9.59 Å². The van der Waals surface area contributed by atoms with Crippen molar-refractivity contribution in [2.75, 3.05) is 20.8 Å². The molecule has 98 valence electrons. The lowest BCUT2D eigenvalue weighted by atomic mass is 10.00. The van der Waals surface area contributed by atoms with Gasteiger partial charge < -0.3 is 20.3 Å². The summed E-state index contributed by atoms with van der Waals surface area (Å²) in [6, 6.07) is 3.77. The van der Waals surface area contributed by atoms with Crippen LogP contribution in [0.3, 0.4) is 0 Å². The summed E-state index contributed by atoms with van der Waals surface area (Å²) in [4.78, 5) is 23.1. The van der Waals surface area contributed by atoms with Gasteiger partial charge in [0.1, 0.15) is 0 Å². The molecule has 0 fully saturated rings. The van der Waals surface area contributed by atoms with Crippen molar-refractivity contribution in [2.45, 2.75) is 6.04 Å². The summed E-state index contributed by atoms with van der Waals surface area (Å²) in [6.07, 6.45) is 0. The average Bonchev–Trinajstić information content (AvgIpc) is 2.43. The van der Waals surface area contributed by atoms with Gasteiger partial charge in [0.25, 0.3) is 0 Å². The number of nitrogens with two attached hydrogens (primary N) is 1. The number of hydrogen-bond acceptors (Lipinski definition) is 6. The third-order valence-corrected chi connectivity index (χ3v) is 2.48. The molecule has 0 aliphatic heterocycles. The van der Waals surface area contributed by atoms with E-state index in [9.17, 15) is 9.59 Å². The van der Waals surface area contributed by atoms with Crippen molar-refractivity contribution in [3.63, 3.8) is 0 Å². The number of carbonyl (C=O) groups excluding carboxylic acids is 2. The van der Waals surface area contributed by atoms with Gasteiger partial charge in [-0.1, -0.05) is 6.07 Å². The van der Waals surface area contributed by atoms with E-state index in [1.54, 1.807) is 6.07 Å². The molecule has 0 saturated carbocycles. The Morgan fingerprint density at radius 2 is 1.78 bits per heavy atom. The predicted molar refractivity (Wildman–Crippen MR) is 63.1 cm³/mol. The lowest BCUT2D eigenvalue weighted by Crippen LogP contribution is -2.17. The van der Waals surface area contributed by atoms with Gasteiger partial charge in [-0.05, 0) is 17.7 Å². The number of aliphatic hydroxyl groups excluding tert-OH is 1. The number of carbonyl (C=O) groups is 2. The van der Waals surface area contributed by atoms with Gasteiger partial charge in [0.05, 0.1) is 38.0 Å². The summed E-state index contributed by atoms with van der Waals surface area (Å²) in [5.74, 6) is -1.30. The second-order valence-corrected chi connectivity index (χ2v) is 3.58. The standard InChI is InChI=1S/C12H15NO5/c1-17-11(15)8-4-3-7(10(13)6-14)5-9(8)12(16)18-2/h3-5,10,14H,6,13H2,1-2H3/t10-/m1/s1. The number of methoxy groups -OCH3 is 2. The Labute approximate surface area is 104 Å². The molecule has 1 aromatic carbocycles. The Kier molecular flexibility index (Phi) is 4.82. The van der Waals surface area contributed by atoms with Crippen LogP contribution in [0.4, 0.5) is 0 Å². The Balaban J connectivity index is 3.29. The molecule has 0 aliphatic carbocycles. The Hall–Kier alpha value is -1.92. The zero-order valence-corrected chi connectivity index (χ0v) is 10.2. The number of hydrogen-bond donors (Lipinski definition) is 2. The van der Waals surface area contributed by atoms with E-state index in [1.807, 2.05) is 0 Å². The second kappa shape index (κ2) is 6.13. The quantitative estimate of drug-likeness (QED) is 0.746. The minimum atomic E-state index is -0.664. The van der Waals surface area contributed by atoms with E-state index in [0.717, 1.165) is 0 Å². The van der Waals surface area contributed by atoms with Crippen molar-refractivity contribution in [3.8, 4) is 0 Å². The van der Waals surface area contributed by atoms with E-state index in [-0.39, 0.29) is 17.7 Å². The number of ether oxygens (including phenoxy) is 2. The van der Waals surface area contributed by atoms with Gasteiger partial charge in [-0.15, -0.1) is 0 Å². The summed E-state index contributed by atoms with van der Waals surface area (Å²) in [7, 11) is 2.43. The zero-order valence-electron chi connectivity index (χ0n) is 10.2. The van der Waals surface area contributed by atoms with E-state index < -0.39 is 18.0 Å². The zero-order chi connectivity index (χ0) is 13.7. The van der Waals surface area contributed by atoms with E-state index in [2.05, 4.69) is 9.47 Å². The third kappa shape index (κ3) is 2.85. The molecule has 6 nitrogen and oxygen atoms in total. The van der Waals surface area contributed by atoms with Crippen LogP contribution in [0.2, 0.25) is 0 Å². The van der Waals surface area contributed by atoms with E-state index in [4.69, 9.17) is 10.8 Å². The molecule has 0 aromatic heterocycles. The van der Waals surface area contributed by atoms with Crippen LogP contribution >= 0.6 is 0 Å². The lowest BCUT2D eigenvalue weighted by molar-refractivity contribution is 0.0555. The van der Waals surface area contributed by atoms with Crippen LogP contribution < -0.4 is 5.73 Å². The van der Waals surface area contributed by atoms with Gasteiger partial charge in [-0.3, -0.25) is 0 Å². The number of rotatable bonds is 4. The molecular weight excluding hydrogens is 238 g/mol. The van der Waals surface area contributed by atoms with Crippen molar-refractivity contribution in [3.05, 3.63) is 34.9 Å². The van der Waals surface area contributed by atoms with E-state index in [1.165, 1.54) is 26.4 Å². The van der Waals surface area contributed by atoms with E-state index >= 15 is 0 Å². The van der Waals surface area contributed by atoms with Crippen molar-refractivity contribution < 1.29 is 24.2 Å². The molecule has 1 aromatic rings. The van der Waals surface area contributed by atoms with Gasteiger partial charge >= 0.3 is 11.9 Å². The first kappa shape index (κ1) is 14.1. The highest BCUT2D eigenvalue weighted by Gasteiger charge is 2.20. The highest BCUT2D eigenvalue weighted by Crippen LogP contribution is 2.18. The molecule has 3 N–H and O–H groups in total. The fraction of sp³-hybridized carbons (Fsp3) is 0.333. The maximum atomic E-state index is 11.6. The fourth-order valence-electron chi connectivity index (χ4n) is 1.46. The number of esters is 2. The Morgan fingerprint density at radius 1 is 1.22 bits per heavy atom. The first-order valence-corrected chi connectivity index (χ1v) is 5.22. The van der Waals surface area contributed by atoms with Crippen molar-refractivity contribution in [1.82, 2.24) is 0 Å². The van der Waals surface area contributed by atoms with Crippen molar-refractivity contribution in [1.29, 1.82) is 0 Å². The molecule has 0 heterocycles. The third-order valence-electron chi connectivity index (χ3n) is 2.48. The van der Waals surface area contributed by atoms with Crippen LogP contribution in [0, 0.1) is 0 Å². The van der Waals surface area contributed by atoms with Crippen LogP contribution in [0.15, 0.2) is 18.2 Å². The molecular formula is C12H15NO5. The van der Waals surface area contributed by atoms with Crippen LogP contribution in [0.1, 0.15) is 32.3 Å². The predicted octanol–water partition coefficient (Wildman–Crippen LogP) is 0.252. The highest BCUT2D eigenvalue weighted by atomic mass is 16.5. The van der Waals surface area contributed by atoms with Crippen LogP contribution in [0.25, 0.3) is 0 Å². The molecule has 1 atom stereocenters. The Bertz CT molecular complexity index is 458. The average molecular weight is 253 g/mol. The molecule has 6 heteroatoms. The summed E-state index contributed by atoms with van der Waals surface area (Å²) in [5.41, 5.74) is 6.33. The van der Waals surface area contributed by atoms with Crippen LogP contribution in [-0.4, -0.2) is 37.9 Å². The van der Waals surface area contributed by atoms with Crippen LogP contribution in [0.5, 0.6) is 0 Å². The summed E-state index contributed by atoms with van der Waals surface area (Å²) < 4.78 is 9.16. The van der Waals surface area contributed by atoms with Crippen LogP contribution in [-0.2, 0) is 9.47 Å². The maximum absolute atomic E-state index is 11.6. The van der Waals surface area contributed by atoms with Gasteiger partial charge in [0.2, 0.25) is 0 Å². The molecule has 0 amide bonds. The molecule has 0 bridgehead atoms. The van der Waals surface area contributed by atoms with Gasteiger partial charge in [0, 0.05) is 0 Å². The van der Waals surface area contributed by atoms with Crippen molar-refractivity contribution >= 4 is 11.9 Å². The van der Waals surface area contributed by atoms with E-state index in [0.29, 0.717) is 5.56 Å². The molecule has 0 radical (unpaired) electrons. The summed E-state index contributed by atoms with van der Waals surface area (Å²) in [5, 5.41) is 8.97. The maximum Gasteiger partial charge on any atom is 0.338 e. The molecule has 0 aliphatic rings. The summed E-state index contributed by atoms with van der Waals surface area (Å²) >= 11 is 0. The first-order chi connectivity index (χ1) is 8.54. The second-order valence-electron chi connectivity index (χ2n) is 3.58. The molecule has 1 rings (SSSR count). The minimum Gasteiger partial charge on any atom is -0.465 e. The van der Waals surface area contributed by atoms with Gasteiger partial charge in [-0.2, -0.15) is 0 Å².